The molecule has 0 radical (unpaired) electrons. The molecule has 224 valence electrons. The van der Waals surface area contributed by atoms with Gasteiger partial charge in [0.2, 0.25) is 5.91 Å². The summed E-state index contributed by atoms with van der Waals surface area (Å²) in [7, 11) is 1.52. The molecule has 2 atom stereocenters. The predicted octanol–water partition coefficient (Wildman–Crippen LogP) is 6.51. The lowest BCUT2D eigenvalue weighted by Gasteiger charge is -2.18. The van der Waals surface area contributed by atoms with Crippen LogP contribution in [0.3, 0.4) is 0 Å². The third kappa shape index (κ3) is 6.56. The monoisotopic (exact) mass is 605 g/mol. The Labute approximate surface area is 253 Å². The summed E-state index contributed by atoms with van der Waals surface area (Å²) in [5.41, 5.74) is 3.52. The lowest BCUT2D eigenvalue weighted by atomic mass is 9.97. The molecule has 0 saturated carbocycles. The summed E-state index contributed by atoms with van der Waals surface area (Å²) in [6.45, 7) is 7.53. The number of H-pyrrole nitrogens is 1. The summed E-state index contributed by atoms with van der Waals surface area (Å²) in [5, 5.41) is 13.4. The van der Waals surface area contributed by atoms with Gasteiger partial charge in [-0.1, -0.05) is 37.4 Å². The molecule has 1 aliphatic heterocycles. The second-order valence-corrected chi connectivity index (χ2v) is 11.0. The number of hydrogen-bond acceptors (Lipinski definition) is 6. The van der Waals surface area contributed by atoms with Crippen LogP contribution in [-0.4, -0.2) is 38.7 Å². The van der Waals surface area contributed by atoms with E-state index in [1.54, 1.807) is 31.3 Å². The Hall–Kier alpha value is -4.64. The first-order chi connectivity index (χ1) is 20.6. The molecular weight excluding hydrogens is 573 g/mol. The van der Waals surface area contributed by atoms with Crippen LogP contribution in [0.15, 0.2) is 61.3 Å². The van der Waals surface area contributed by atoms with Gasteiger partial charge < -0.3 is 25.7 Å². The first-order valence-electron chi connectivity index (χ1n) is 13.9. The number of benzene rings is 2. The third-order valence-corrected chi connectivity index (χ3v) is 7.76. The number of rotatable bonds is 6. The molecule has 0 unspecified atom stereocenters. The second kappa shape index (κ2) is 12.7. The number of aromatic nitrogens is 4. The van der Waals surface area contributed by atoms with Gasteiger partial charge in [-0.3, -0.25) is 9.59 Å². The maximum absolute atomic E-state index is 14.7. The van der Waals surface area contributed by atoms with E-state index in [9.17, 15) is 14.0 Å². The molecule has 3 heterocycles. The number of hydrogen-bond donors (Lipinski definition) is 4. The van der Waals surface area contributed by atoms with Crippen LogP contribution < -0.4 is 16.0 Å². The third-order valence-electron chi connectivity index (χ3n) is 7.47. The number of anilines is 2. The maximum Gasteiger partial charge on any atom is 0.255 e. The first kappa shape index (κ1) is 29.8. The standard InChI is InChI=1S/C31H33ClFN7O3/c1-17-7-5-9-24(39-31(42)22-15-35-40(18(22)2)27-10-6-8-23(32)29(27)33)30-34-16-26(38-30)21-12-11-20(36-19(3)43-4)14-25(21)37-28(41)13-17/h6,8,10-12,14-17,24,36H,3,5,7,9,13H2,1-2,4H3,(H,34,38)(H,37,41)(H,39,42)/t17-,24+/m1/s1. The number of aromatic amines is 1. The summed E-state index contributed by atoms with van der Waals surface area (Å²) in [6.07, 6.45) is 5.64. The maximum atomic E-state index is 14.7. The second-order valence-electron chi connectivity index (χ2n) is 10.6. The van der Waals surface area contributed by atoms with Crippen LogP contribution in [0.2, 0.25) is 5.02 Å². The Morgan fingerprint density at radius 3 is 2.86 bits per heavy atom. The molecule has 2 amide bonds. The van der Waals surface area contributed by atoms with Gasteiger partial charge in [0.1, 0.15) is 11.5 Å². The van der Waals surface area contributed by atoms with Crippen molar-refractivity contribution in [3.8, 4) is 16.9 Å². The average Bonchev–Trinajstić information content (AvgIpc) is 3.61. The van der Waals surface area contributed by atoms with Crippen molar-refractivity contribution >= 4 is 34.8 Å². The molecule has 4 N–H and O–H groups in total. The summed E-state index contributed by atoms with van der Waals surface area (Å²) in [5.74, 6) is -0.0149. The van der Waals surface area contributed by atoms with Crippen LogP contribution in [0, 0.1) is 18.7 Å². The van der Waals surface area contributed by atoms with E-state index in [1.165, 1.54) is 24.1 Å². The van der Waals surface area contributed by atoms with Gasteiger partial charge in [-0.05, 0) is 56.2 Å². The van der Waals surface area contributed by atoms with E-state index in [1.807, 2.05) is 19.1 Å². The lowest BCUT2D eigenvalue weighted by Crippen LogP contribution is -2.30. The molecule has 10 nitrogen and oxygen atoms in total. The Balaban J connectivity index is 1.45. The van der Waals surface area contributed by atoms with Gasteiger partial charge in [0.05, 0.1) is 47.0 Å². The number of fused-ring (bicyclic) bond motifs is 4. The quantitative estimate of drug-likeness (QED) is 0.186. The molecule has 0 aliphatic carbocycles. The molecule has 0 fully saturated rings. The minimum Gasteiger partial charge on any atom is -0.483 e. The highest BCUT2D eigenvalue weighted by molar-refractivity contribution is 6.30. The summed E-state index contributed by atoms with van der Waals surface area (Å²) >= 11 is 5.96. The number of nitrogens with one attached hydrogen (secondary N) is 4. The molecule has 2 aromatic carbocycles. The van der Waals surface area contributed by atoms with Crippen molar-refractivity contribution in [2.75, 3.05) is 17.7 Å². The van der Waals surface area contributed by atoms with E-state index in [4.69, 9.17) is 21.3 Å². The molecule has 12 heteroatoms. The van der Waals surface area contributed by atoms with E-state index in [-0.39, 0.29) is 28.4 Å². The number of halogens is 2. The van der Waals surface area contributed by atoms with Crippen molar-refractivity contribution < 1.29 is 18.7 Å². The van der Waals surface area contributed by atoms with Crippen LogP contribution in [0.25, 0.3) is 16.9 Å². The van der Waals surface area contributed by atoms with Crippen molar-refractivity contribution in [2.24, 2.45) is 5.92 Å². The summed E-state index contributed by atoms with van der Waals surface area (Å²) < 4.78 is 21.2. The summed E-state index contributed by atoms with van der Waals surface area (Å²) in [6, 6.07) is 9.68. The molecule has 2 aromatic heterocycles. The Morgan fingerprint density at radius 1 is 1.26 bits per heavy atom. The van der Waals surface area contributed by atoms with Gasteiger partial charge in [-0.25, -0.2) is 14.1 Å². The van der Waals surface area contributed by atoms with Crippen LogP contribution in [0.5, 0.6) is 0 Å². The molecule has 1 aliphatic rings. The van der Waals surface area contributed by atoms with Gasteiger partial charge in [0.25, 0.3) is 5.91 Å². The average molecular weight is 606 g/mol. The van der Waals surface area contributed by atoms with Crippen molar-refractivity contribution in [3.05, 3.63) is 89.2 Å². The van der Waals surface area contributed by atoms with E-state index < -0.39 is 11.9 Å². The zero-order valence-electron chi connectivity index (χ0n) is 24.1. The topological polar surface area (TPSA) is 126 Å². The van der Waals surface area contributed by atoms with Crippen molar-refractivity contribution in [1.29, 1.82) is 0 Å². The van der Waals surface area contributed by atoms with Gasteiger partial charge in [-0.15, -0.1) is 0 Å². The smallest absolute Gasteiger partial charge is 0.255 e. The zero-order valence-corrected chi connectivity index (χ0v) is 24.9. The Bertz CT molecular complexity index is 1680. The minimum atomic E-state index is -0.616. The molecular formula is C31H33ClFN7O3. The number of amides is 2. The van der Waals surface area contributed by atoms with E-state index in [0.29, 0.717) is 58.4 Å². The molecule has 0 spiro atoms. The fourth-order valence-electron chi connectivity index (χ4n) is 5.15. The number of nitrogens with zero attached hydrogens (tertiary/aromatic N) is 3. The van der Waals surface area contributed by atoms with Gasteiger partial charge in [0.15, 0.2) is 11.7 Å². The van der Waals surface area contributed by atoms with Crippen LogP contribution in [0.1, 0.15) is 60.5 Å². The zero-order chi connectivity index (χ0) is 30.7. The lowest BCUT2D eigenvalue weighted by molar-refractivity contribution is -0.117. The SMILES string of the molecule is C=C(Nc1ccc2c(c1)NC(=O)C[C@H](C)CCC[C@H](NC(=O)c1cnn(-c3cccc(Cl)c3F)c1C)c1nc-2c[nH]1)OC. The van der Waals surface area contributed by atoms with Crippen molar-refractivity contribution in [2.45, 2.75) is 45.6 Å². The van der Waals surface area contributed by atoms with E-state index >= 15 is 0 Å². The number of methoxy groups -OCH3 is 1. The molecule has 5 rings (SSSR count). The Morgan fingerprint density at radius 2 is 2.07 bits per heavy atom. The van der Waals surface area contributed by atoms with Crippen LogP contribution >= 0.6 is 11.6 Å². The fraction of sp³-hybridized carbons (Fsp3) is 0.290. The van der Waals surface area contributed by atoms with Crippen molar-refractivity contribution in [1.82, 2.24) is 25.1 Å². The molecule has 2 bridgehead atoms. The van der Waals surface area contributed by atoms with Gasteiger partial charge in [-0.2, -0.15) is 5.10 Å². The van der Waals surface area contributed by atoms with Crippen LogP contribution in [0.4, 0.5) is 15.8 Å². The predicted molar refractivity (Wildman–Crippen MR) is 164 cm³/mol. The first-order valence-corrected chi connectivity index (χ1v) is 14.3. The van der Waals surface area contributed by atoms with E-state index in [0.717, 1.165) is 12.8 Å². The minimum absolute atomic E-state index is 0.0309. The van der Waals surface area contributed by atoms with Gasteiger partial charge in [0, 0.05) is 23.9 Å². The number of carbonyl (C=O) groups is 2. The molecule has 43 heavy (non-hydrogen) atoms. The number of ether oxygens (including phenoxy) is 1. The fourth-order valence-corrected chi connectivity index (χ4v) is 5.32. The highest BCUT2D eigenvalue weighted by atomic mass is 35.5. The number of imidazole rings is 1. The van der Waals surface area contributed by atoms with Crippen LogP contribution in [-0.2, 0) is 9.53 Å². The normalized spacial score (nSPS) is 17.0. The largest absolute Gasteiger partial charge is 0.483 e. The number of carbonyl (C=O) groups excluding carboxylic acids is 2. The van der Waals surface area contributed by atoms with Crippen molar-refractivity contribution in [3.63, 3.8) is 0 Å². The van der Waals surface area contributed by atoms with Gasteiger partial charge >= 0.3 is 0 Å². The highest BCUT2D eigenvalue weighted by Gasteiger charge is 2.25. The highest BCUT2D eigenvalue weighted by Crippen LogP contribution is 2.33. The van der Waals surface area contributed by atoms with E-state index in [2.05, 4.69) is 32.6 Å². The molecule has 0 saturated heterocycles. The Kier molecular flexibility index (Phi) is 8.81. The summed E-state index contributed by atoms with van der Waals surface area (Å²) in [4.78, 5) is 34.5. The molecule has 4 aromatic rings.